The van der Waals surface area contributed by atoms with Crippen molar-refractivity contribution >= 4 is 34.4 Å². The average Bonchev–Trinajstić information content (AvgIpc) is 2.93. The van der Waals surface area contributed by atoms with E-state index in [0.29, 0.717) is 23.1 Å². The number of nitrogens with one attached hydrogen (secondary N) is 1. The maximum absolute atomic E-state index is 11.1. The van der Waals surface area contributed by atoms with Crippen molar-refractivity contribution in [3.63, 3.8) is 0 Å². The summed E-state index contributed by atoms with van der Waals surface area (Å²) in [6.45, 7) is 1.84. The molecule has 9 heteroatoms. The first-order valence-electron chi connectivity index (χ1n) is 7.64. The molecular formula is C17H15ClN4O4-2. The Balaban J connectivity index is 2.01. The summed E-state index contributed by atoms with van der Waals surface area (Å²) in [6.07, 6.45) is 1.42. The Morgan fingerprint density at radius 1 is 1.27 bits per heavy atom. The zero-order chi connectivity index (χ0) is 18.8. The smallest absolute Gasteiger partial charge is 0.199 e. The van der Waals surface area contributed by atoms with Gasteiger partial charge in [-0.25, -0.2) is 0 Å². The van der Waals surface area contributed by atoms with Crippen molar-refractivity contribution in [2.45, 2.75) is 13.5 Å². The lowest BCUT2D eigenvalue weighted by atomic mass is 10.2. The molecule has 8 nitrogen and oxygen atoms in total. The molecule has 136 valence electrons. The van der Waals surface area contributed by atoms with E-state index in [1.807, 2.05) is 17.0 Å². The Kier molecular flexibility index (Phi) is 4.90. The number of rotatable bonds is 4. The summed E-state index contributed by atoms with van der Waals surface area (Å²) in [4.78, 5) is 1.37. The van der Waals surface area contributed by atoms with Crippen molar-refractivity contribution < 1.29 is 10.1 Å². The van der Waals surface area contributed by atoms with Crippen LogP contribution in [0.2, 0.25) is 5.02 Å². The Labute approximate surface area is 154 Å². The van der Waals surface area contributed by atoms with Gasteiger partial charge in [0.1, 0.15) is 5.82 Å². The Bertz CT molecular complexity index is 877. The molecule has 0 spiro atoms. The van der Waals surface area contributed by atoms with Gasteiger partial charge in [-0.15, -0.1) is 0 Å². The predicted octanol–water partition coefficient (Wildman–Crippen LogP) is 3.78. The highest BCUT2D eigenvalue weighted by molar-refractivity contribution is 6.30. The third-order valence-electron chi connectivity index (χ3n) is 3.93. The highest BCUT2D eigenvalue weighted by Crippen LogP contribution is 2.39. The molecule has 0 saturated heterocycles. The van der Waals surface area contributed by atoms with Gasteiger partial charge in [0.2, 0.25) is 0 Å². The Hall–Kier alpha value is -2.94. The van der Waals surface area contributed by atoms with Crippen molar-refractivity contribution in [1.29, 1.82) is 0 Å². The van der Waals surface area contributed by atoms with Crippen LogP contribution in [-0.2, 0) is 6.54 Å². The molecule has 0 bridgehead atoms. The van der Waals surface area contributed by atoms with Crippen molar-refractivity contribution in [3.8, 4) is 0 Å². The fraction of sp³-hybridized carbons (Fsp3) is 0.118. The molecule has 1 heterocycles. The molecule has 1 aliphatic heterocycles. The molecule has 0 aliphatic carbocycles. The molecule has 0 saturated carbocycles. The number of allylic oxidation sites excluding steroid dienone is 1. The maximum Gasteiger partial charge on any atom is 0.199 e. The molecule has 3 rings (SSSR count). The molecule has 2 aromatic rings. The highest BCUT2D eigenvalue weighted by atomic mass is 35.5. The molecule has 2 N–H and O–H groups in total. The zero-order valence-electron chi connectivity index (χ0n) is 13.7. The first-order chi connectivity index (χ1) is 12.3. The van der Waals surface area contributed by atoms with Crippen LogP contribution in [0.5, 0.6) is 0 Å². The van der Waals surface area contributed by atoms with Gasteiger partial charge in [-0.2, -0.15) is 4.90 Å². The van der Waals surface area contributed by atoms with Gasteiger partial charge in [0.05, 0.1) is 17.1 Å². The lowest BCUT2D eigenvalue weighted by molar-refractivity contribution is -0.378. The van der Waals surface area contributed by atoms with Gasteiger partial charge in [-0.05, 0) is 35.9 Å². The molecule has 26 heavy (non-hydrogen) atoms. The summed E-state index contributed by atoms with van der Waals surface area (Å²) in [6, 6.07) is 11.9. The quantitative estimate of drug-likeness (QED) is 0.476. The zero-order valence-corrected chi connectivity index (χ0v) is 14.5. The Morgan fingerprint density at radius 3 is 2.58 bits per heavy atom. The van der Waals surface area contributed by atoms with E-state index in [9.17, 15) is 15.6 Å². The molecule has 0 radical (unpaired) electrons. The van der Waals surface area contributed by atoms with Crippen LogP contribution in [0.25, 0.3) is 0 Å². The number of hydrogen-bond acceptors (Lipinski definition) is 7. The van der Waals surface area contributed by atoms with Crippen molar-refractivity contribution in [1.82, 2.24) is 0 Å². The molecule has 2 aromatic carbocycles. The van der Waals surface area contributed by atoms with Crippen LogP contribution in [0, 0.1) is 15.6 Å². The number of fused-ring (bicyclic) bond motifs is 1. The molecule has 0 aromatic heterocycles. The van der Waals surface area contributed by atoms with Gasteiger partial charge < -0.3 is 31.1 Å². The second-order valence-corrected chi connectivity index (χ2v) is 6.18. The molecule has 0 fully saturated rings. The van der Waals surface area contributed by atoms with Gasteiger partial charge in [0.15, 0.2) is 5.71 Å². The first kappa shape index (κ1) is 17.9. The van der Waals surface area contributed by atoms with Gasteiger partial charge in [0, 0.05) is 24.6 Å². The first-order valence-corrected chi connectivity index (χ1v) is 8.02. The van der Waals surface area contributed by atoms with E-state index < -0.39 is 4.90 Å². The van der Waals surface area contributed by atoms with E-state index in [1.165, 1.54) is 25.1 Å². The number of anilines is 3. The van der Waals surface area contributed by atoms with E-state index in [4.69, 9.17) is 16.8 Å². The van der Waals surface area contributed by atoms with Crippen LogP contribution in [0.15, 0.2) is 54.4 Å². The largest absolute Gasteiger partial charge is 0.733 e. The van der Waals surface area contributed by atoms with Gasteiger partial charge in [0.25, 0.3) is 0 Å². The summed E-state index contributed by atoms with van der Waals surface area (Å²) in [5, 5.41) is 45.6. The van der Waals surface area contributed by atoms with Crippen LogP contribution < -0.4 is 15.4 Å². The minimum atomic E-state index is -0.476. The van der Waals surface area contributed by atoms with E-state index in [1.54, 1.807) is 18.2 Å². The molecular weight excluding hydrogens is 360 g/mol. The number of halogens is 1. The second kappa shape index (κ2) is 7.12. The topological polar surface area (TPSA) is 111 Å². The minimum absolute atomic E-state index is 0.0331. The minimum Gasteiger partial charge on any atom is -0.733 e. The summed E-state index contributed by atoms with van der Waals surface area (Å²) >= 11 is 5.92. The lowest BCUT2D eigenvalue weighted by Crippen LogP contribution is -2.21. The lowest BCUT2D eigenvalue weighted by Gasteiger charge is -2.23. The van der Waals surface area contributed by atoms with Gasteiger partial charge >= 0.3 is 0 Å². The molecule has 1 aliphatic rings. The normalized spacial score (nSPS) is 14.2. The average molecular weight is 375 g/mol. The highest BCUT2D eigenvalue weighted by Gasteiger charge is 2.25. The van der Waals surface area contributed by atoms with Gasteiger partial charge in [-0.3, -0.25) is 5.21 Å². The number of benzene rings is 2. The fourth-order valence-corrected chi connectivity index (χ4v) is 2.75. The molecule has 0 atom stereocenters. The second-order valence-electron chi connectivity index (χ2n) is 5.74. The number of hydrogen-bond donors (Lipinski definition) is 2. The van der Waals surface area contributed by atoms with Crippen LogP contribution in [0.1, 0.15) is 12.5 Å². The van der Waals surface area contributed by atoms with E-state index in [2.05, 4.69) is 5.32 Å². The monoisotopic (exact) mass is 374 g/mol. The third-order valence-corrected chi connectivity index (χ3v) is 4.18. The van der Waals surface area contributed by atoms with Crippen molar-refractivity contribution in [2.24, 2.45) is 0 Å². The third kappa shape index (κ3) is 3.67. The summed E-state index contributed by atoms with van der Waals surface area (Å²) in [5.41, 5.74) is 2.26. The number of nitrogens with zero attached hydrogens (tertiary/aromatic N) is 3. The fourth-order valence-electron chi connectivity index (χ4n) is 2.62. The predicted molar refractivity (Wildman–Crippen MR) is 101 cm³/mol. The van der Waals surface area contributed by atoms with Gasteiger partial charge in [-0.1, -0.05) is 23.7 Å². The summed E-state index contributed by atoms with van der Waals surface area (Å²) < 4.78 is 0. The van der Waals surface area contributed by atoms with E-state index >= 15 is 0 Å². The van der Waals surface area contributed by atoms with Crippen LogP contribution in [0.4, 0.5) is 17.1 Å². The van der Waals surface area contributed by atoms with Crippen molar-refractivity contribution in [3.05, 3.63) is 80.6 Å². The molecule has 0 unspecified atom stereocenters. The van der Waals surface area contributed by atoms with E-state index in [-0.39, 0.29) is 16.6 Å². The standard InChI is InChI=1S/C17H15ClN4O4/c1-11(21(23)24)8-17-19-15-9-14(22(25)26)6-7-16(15)20(17)10-12-2-4-13(18)5-3-12/h2-9,19,25H,10H2,1H3/q-2. The molecule has 0 amide bonds. The SMILES string of the molecule is CC(C=C1Nc2cc(N([O-])O)ccc2N1Cc1ccc(Cl)cc1)=[N+]([O-])[O-]. The van der Waals surface area contributed by atoms with Crippen molar-refractivity contribution in [2.75, 3.05) is 15.4 Å². The Morgan fingerprint density at radius 2 is 1.96 bits per heavy atom. The van der Waals surface area contributed by atoms with Crippen LogP contribution in [0.3, 0.4) is 0 Å². The maximum atomic E-state index is 11.1. The van der Waals surface area contributed by atoms with E-state index in [0.717, 1.165) is 11.3 Å². The van der Waals surface area contributed by atoms with Crippen LogP contribution >= 0.6 is 11.6 Å². The van der Waals surface area contributed by atoms with Crippen LogP contribution in [-0.4, -0.2) is 15.8 Å². The summed E-state index contributed by atoms with van der Waals surface area (Å²) in [7, 11) is 0. The summed E-state index contributed by atoms with van der Waals surface area (Å²) in [5.74, 6) is 0.497.